The summed E-state index contributed by atoms with van der Waals surface area (Å²) in [5.41, 5.74) is 3.47. The first kappa shape index (κ1) is 18.0. The molecule has 0 bridgehead atoms. The SMILES string of the molecule is CC(C(=O)O)c1ccc(-c2ccc(=O)n(Cc3ccc(Cl)cc3)c2)cc1. The average molecular weight is 368 g/mol. The molecule has 0 aliphatic rings. The molecule has 0 aliphatic heterocycles. The molecule has 1 unspecified atom stereocenters. The van der Waals surface area contributed by atoms with E-state index in [1.165, 1.54) is 0 Å². The van der Waals surface area contributed by atoms with Crippen molar-refractivity contribution in [1.29, 1.82) is 0 Å². The van der Waals surface area contributed by atoms with Gasteiger partial charge in [-0.1, -0.05) is 48.0 Å². The normalized spacial score (nSPS) is 11.9. The Morgan fingerprint density at radius 3 is 2.23 bits per heavy atom. The van der Waals surface area contributed by atoms with E-state index in [1.54, 1.807) is 35.8 Å². The van der Waals surface area contributed by atoms with Crippen LogP contribution >= 0.6 is 11.6 Å². The average Bonchev–Trinajstić information content (AvgIpc) is 2.65. The number of hydrogen-bond donors (Lipinski definition) is 1. The highest BCUT2D eigenvalue weighted by molar-refractivity contribution is 6.30. The molecule has 1 heterocycles. The van der Waals surface area contributed by atoms with Gasteiger partial charge in [0, 0.05) is 17.3 Å². The number of carbonyl (C=O) groups is 1. The highest BCUT2D eigenvalue weighted by atomic mass is 35.5. The van der Waals surface area contributed by atoms with Crippen LogP contribution in [0.25, 0.3) is 11.1 Å². The van der Waals surface area contributed by atoms with E-state index in [2.05, 4.69) is 0 Å². The van der Waals surface area contributed by atoms with Gasteiger partial charge in [0.25, 0.3) is 5.56 Å². The maximum Gasteiger partial charge on any atom is 0.310 e. The van der Waals surface area contributed by atoms with Crippen molar-refractivity contribution in [2.24, 2.45) is 0 Å². The first-order valence-electron chi connectivity index (χ1n) is 8.22. The predicted octanol–water partition coefficient (Wildman–Crippen LogP) is 4.41. The Morgan fingerprint density at radius 1 is 1.00 bits per heavy atom. The van der Waals surface area contributed by atoms with Crippen LogP contribution in [0.4, 0.5) is 0 Å². The second-order valence-corrected chi connectivity index (χ2v) is 6.63. The zero-order valence-corrected chi connectivity index (χ0v) is 15.0. The molecule has 1 atom stereocenters. The summed E-state index contributed by atoms with van der Waals surface area (Å²) in [5.74, 6) is -1.41. The van der Waals surface area contributed by atoms with Crippen LogP contribution in [0, 0.1) is 0 Å². The molecule has 0 amide bonds. The van der Waals surface area contributed by atoms with Gasteiger partial charge in [-0.3, -0.25) is 9.59 Å². The molecule has 3 aromatic rings. The van der Waals surface area contributed by atoms with Gasteiger partial charge in [0.05, 0.1) is 12.5 Å². The molecule has 26 heavy (non-hydrogen) atoms. The van der Waals surface area contributed by atoms with Crippen LogP contribution in [-0.2, 0) is 11.3 Å². The van der Waals surface area contributed by atoms with E-state index in [-0.39, 0.29) is 5.56 Å². The number of carboxylic acids is 1. The van der Waals surface area contributed by atoms with Crippen molar-refractivity contribution >= 4 is 17.6 Å². The molecule has 3 rings (SSSR count). The molecule has 5 heteroatoms. The van der Waals surface area contributed by atoms with Gasteiger partial charge in [0.2, 0.25) is 0 Å². The van der Waals surface area contributed by atoms with Gasteiger partial charge >= 0.3 is 5.97 Å². The summed E-state index contributed by atoms with van der Waals surface area (Å²) in [4.78, 5) is 23.2. The Hall–Kier alpha value is -2.85. The number of pyridine rings is 1. The second kappa shape index (κ2) is 7.58. The van der Waals surface area contributed by atoms with Gasteiger partial charge in [-0.05, 0) is 47.4 Å². The summed E-state index contributed by atoms with van der Waals surface area (Å²) < 4.78 is 1.65. The largest absolute Gasteiger partial charge is 0.481 e. The van der Waals surface area contributed by atoms with Gasteiger partial charge in [-0.15, -0.1) is 0 Å². The fourth-order valence-corrected chi connectivity index (χ4v) is 2.84. The van der Waals surface area contributed by atoms with E-state index in [0.29, 0.717) is 11.6 Å². The summed E-state index contributed by atoms with van der Waals surface area (Å²) in [5, 5.41) is 9.76. The molecule has 0 saturated carbocycles. The zero-order chi connectivity index (χ0) is 18.7. The molecule has 0 radical (unpaired) electrons. The number of carboxylic acid groups (broad SMARTS) is 1. The summed E-state index contributed by atoms with van der Waals surface area (Å²) in [6.07, 6.45) is 1.81. The Bertz CT molecular complexity index is 975. The molecule has 2 aromatic carbocycles. The standard InChI is InChI=1S/C21H18ClNO3/c1-14(21(25)26)16-4-6-17(7-5-16)18-8-11-20(24)23(13-18)12-15-2-9-19(22)10-3-15/h2-11,13-14H,12H2,1H3,(H,25,26). The minimum absolute atomic E-state index is 0.0835. The fourth-order valence-electron chi connectivity index (χ4n) is 2.72. The third-order valence-corrected chi connectivity index (χ3v) is 4.62. The van der Waals surface area contributed by atoms with E-state index in [1.807, 2.05) is 42.6 Å². The number of aliphatic carboxylic acids is 1. The van der Waals surface area contributed by atoms with Gasteiger partial charge < -0.3 is 9.67 Å². The summed E-state index contributed by atoms with van der Waals surface area (Å²) >= 11 is 5.90. The van der Waals surface area contributed by atoms with Gasteiger partial charge in [-0.25, -0.2) is 0 Å². The molecule has 0 fully saturated rings. The number of aromatic nitrogens is 1. The molecule has 0 saturated heterocycles. The van der Waals surface area contributed by atoms with Crippen LogP contribution in [0.3, 0.4) is 0 Å². The summed E-state index contributed by atoms with van der Waals surface area (Å²) in [6.45, 7) is 2.11. The first-order valence-corrected chi connectivity index (χ1v) is 8.60. The molecule has 1 N–H and O–H groups in total. The van der Waals surface area contributed by atoms with Crippen LogP contribution in [0.15, 0.2) is 71.7 Å². The van der Waals surface area contributed by atoms with Crippen LogP contribution in [0.1, 0.15) is 24.0 Å². The topological polar surface area (TPSA) is 59.3 Å². The van der Waals surface area contributed by atoms with Crippen LogP contribution < -0.4 is 5.56 Å². The molecular weight excluding hydrogens is 350 g/mol. The van der Waals surface area contributed by atoms with Crippen molar-refractivity contribution in [1.82, 2.24) is 4.57 Å². The summed E-state index contributed by atoms with van der Waals surface area (Å²) in [7, 11) is 0. The van der Waals surface area contributed by atoms with Gasteiger partial charge in [0.1, 0.15) is 0 Å². The Labute approximate surface area is 156 Å². The zero-order valence-electron chi connectivity index (χ0n) is 14.2. The number of benzene rings is 2. The van der Waals surface area contributed by atoms with Crippen molar-refractivity contribution in [3.63, 3.8) is 0 Å². The number of nitrogens with zero attached hydrogens (tertiary/aromatic N) is 1. The van der Waals surface area contributed by atoms with Crippen molar-refractivity contribution in [2.75, 3.05) is 0 Å². The second-order valence-electron chi connectivity index (χ2n) is 6.19. The predicted molar refractivity (Wildman–Crippen MR) is 103 cm³/mol. The van der Waals surface area contributed by atoms with Crippen molar-refractivity contribution in [2.45, 2.75) is 19.4 Å². The van der Waals surface area contributed by atoms with Crippen LogP contribution in [-0.4, -0.2) is 15.6 Å². The lowest BCUT2D eigenvalue weighted by molar-refractivity contribution is -0.138. The lowest BCUT2D eigenvalue weighted by Gasteiger charge is -2.11. The summed E-state index contributed by atoms with van der Waals surface area (Å²) in [6, 6.07) is 18.1. The van der Waals surface area contributed by atoms with E-state index in [9.17, 15) is 9.59 Å². The minimum Gasteiger partial charge on any atom is -0.481 e. The quantitative estimate of drug-likeness (QED) is 0.726. The molecular formula is C21H18ClNO3. The molecule has 4 nitrogen and oxygen atoms in total. The van der Waals surface area contributed by atoms with Crippen molar-refractivity contribution in [3.05, 3.63) is 93.4 Å². The lowest BCUT2D eigenvalue weighted by Crippen LogP contribution is -2.19. The molecule has 0 spiro atoms. The Balaban J connectivity index is 1.88. The molecule has 1 aromatic heterocycles. The fraction of sp³-hybridized carbons (Fsp3) is 0.143. The third kappa shape index (κ3) is 4.03. The van der Waals surface area contributed by atoms with E-state index in [0.717, 1.165) is 22.3 Å². The Morgan fingerprint density at radius 2 is 1.62 bits per heavy atom. The smallest absolute Gasteiger partial charge is 0.310 e. The first-order chi connectivity index (χ1) is 12.4. The highest BCUT2D eigenvalue weighted by Gasteiger charge is 2.13. The van der Waals surface area contributed by atoms with Crippen LogP contribution in [0.2, 0.25) is 5.02 Å². The van der Waals surface area contributed by atoms with E-state index < -0.39 is 11.9 Å². The van der Waals surface area contributed by atoms with Crippen LogP contribution in [0.5, 0.6) is 0 Å². The van der Waals surface area contributed by atoms with E-state index >= 15 is 0 Å². The third-order valence-electron chi connectivity index (χ3n) is 4.36. The van der Waals surface area contributed by atoms with Gasteiger partial charge in [-0.2, -0.15) is 0 Å². The van der Waals surface area contributed by atoms with Crippen molar-refractivity contribution in [3.8, 4) is 11.1 Å². The number of hydrogen-bond acceptors (Lipinski definition) is 2. The molecule has 132 valence electrons. The molecule has 0 aliphatic carbocycles. The maximum absolute atomic E-state index is 12.2. The Kier molecular flexibility index (Phi) is 5.24. The van der Waals surface area contributed by atoms with Crippen molar-refractivity contribution < 1.29 is 9.90 Å². The monoisotopic (exact) mass is 367 g/mol. The minimum atomic E-state index is -0.853. The highest BCUT2D eigenvalue weighted by Crippen LogP contribution is 2.22. The van der Waals surface area contributed by atoms with Gasteiger partial charge in [0.15, 0.2) is 0 Å². The number of halogens is 1. The van der Waals surface area contributed by atoms with E-state index in [4.69, 9.17) is 16.7 Å². The lowest BCUT2D eigenvalue weighted by atomic mass is 9.98. The number of rotatable bonds is 5. The maximum atomic E-state index is 12.2.